The van der Waals surface area contributed by atoms with Crippen molar-refractivity contribution in [3.8, 4) is 0 Å². The number of benzene rings is 1. The van der Waals surface area contributed by atoms with E-state index in [0.717, 1.165) is 11.3 Å². The first-order chi connectivity index (χ1) is 8.14. The van der Waals surface area contributed by atoms with Crippen LogP contribution in [-0.2, 0) is 15.0 Å². The highest BCUT2D eigenvalue weighted by atomic mass is 16.4. The van der Waals surface area contributed by atoms with E-state index in [2.05, 4.69) is 10.6 Å². The summed E-state index contributed by atoms with van der Waals surface area (Å²) in [5.74, 6) is -0.782. The Hall–Kier alpha value is -2.04. The molecular weight excluding hydrogens is 220 g/mol. The molecule has 0 aliphatic heterocycles. The number of hydrogen-bond acceptors (Lipinski definition) is 3. The molecule has 5 heteroatoms. The molecule has 3 N–H and O–H groups in total. The molecule has 1 aromatic carbocycles. The maximum atomic E-state index is 11.2. The number of anilines is 2. The molecule has 1 amide bonds. The smallest absolute Gasteiger partial charge is 0.314 e. The van der Waals surface area contributed by atoms with Gasteiger partial charge in [0.2, 0.25) is 6.41 Å². The number of carboxylic acid groups (broad SMARTS) is 1. The topological polar surface area (TPSA) is 78.4 Å². The molecule has 0 atom stereocenters. The van der Waals surface area contributed by atoms with Gasteiger partial charge in [0, 0.05) is 7.05 Å². The first kappa shape index (κ1) is 11.4. The van der Waals surface area contributed by atoms with E-state index < -0.39 is 11.4 Å². The largest absolute Gasteiger partial charge is 0.481 e. The number of rotatable bonds is 5. The van der Waals surface area contributed by atoms with Crippen LogP contribution in [0, 0.1) is 0 Å². The zero-order chi connectivity index (χ0) is 12.5. The van der Waals surface area contributed by atoms with Gasteiger partial charge in [0.15, 0.2) is 0 Å². The van der Waals surface area contributed by atoms with Crippen molar-refractivity contribution in [1.82, 2.24) is 0 Å². The van der Waals surface area contributed by atoms with Gasteiger partial charge in [0.1, 0.15) is 0 Å². The Morgan fingerprint density at radius 1 is 1.41 bits per heavy atom. The fourth-order valence-corrected chi connectivity index (χ4v) is 1.99. The van der Waals surface area contributed by atoms with Crippen LogP contribution in [0.4, 0.5) is 11.4 Å². The van der Waals surface area contributed by atoms with Crippen LogP contribution in [0.5, 0.6) is 0 Å². The molecule has 0 spiro atoms. The van der Waals surface area contributed by atoms with Crippen molar-refractivity contribution in [2.45, 2.75) is 18.3 Å². The Kier molecular flexibility index (Phi) is 2.75. The maximum absolute atomic E-state index is 11.2. The highest BCUT2D eigenvalue weighted by molar-refractivity contribution is 5.87. The minimum absolute atomic E-state index is 0.597. The molecule has 1 aromatic rings. The van der Waals surface area contributed by atoms with Crippen LogP contribution in [0.2, 0.25) is 0 Å². The van der Waals surface area contributed by atoms with Crippen LogP contribution in [0.25, 0.3) is 0 Å². The quantitative estimate of drug-likeness (QED) is 0.673. The number of amides is 1. The molecule has 5 nitrogen and oxygen atoms in total. The molecule has 0 radical (unpaired) electrons. The molecule has 2 rings (SSSR count). The van der Waals surface area contributed by atoms with Crippen molar-refractivity contribution in [1.29, 1.82) is 0 Å². The number of carbonyl (C=O) groups is 2. The average Bonchev–Trinajstić information content (AvgIpc) is 3.11. The highest BCUT2D eigenvalue weighted by Gasteiger charge is 2.51. The van der Waals surface area contributed by atoms with Crippen LogP contribution in [-0.4, -0.2) is 24.5 Å². The van der Waals surface area contributed by atoms with Gasteiger partial charge in [-0.2, -0.15) is 0 Å². The first-order valence-corrected chi connectivity index (χ1v) is 5.40. The maximum Gasteiger partial charge on any atom is 0.314 e. The van der Waals surface area contributed by atoms with Gasteiger partial charge in [-0.1, -0.05) is 6.07 Å². The summed E-state index contributed by atoms with van der Waals surface area (Å²) in [6.07, 6.45) is 1.94. The van der Waals surface area contributed by atoms with Crippen LogP contribution >= 0.6 is 0 Å². The predicted molar refractivity (Wildman–Crippen MR) is 64.2 cm³/mol. The zero-order valence-corrected chi connectivity index (χ0v) is 9.49. The second-order valence-electron chi connectivity index (χ2n) is 4.16. The van der Waals surface area contributed by atoms with E-state index in [1.54, 1.807) is 25.2 Å². The van der Waals surface area contributed by atoms with Gasteiger partial charge in [0.25, 0.3) is 0 Å². The summed E-state index contributed by atoms with van der Waals surface area (Å²) < 4.78 is 0. The molecule has 90 valence electrons. The molecule has 0 bridgehead atoms. The summed E-state index contributed by atoms with van der Waals surface area (Å²) in [5, 5.41) is 14.7. The van der Waals surface area contributed by atoms with Crippen molar-refractivity contribution < 1.29 is 14.7 Å². The van der Waals surface area contributed by atoms with Crippen LogP contribution in [0.3, 0.4) is 0 Å². The fourth-order valence-electron chi connectivity index (χ4n) is 1.99. The van der Waals surface area contributed by atoms with E-state index >= 15 is 0 Å². The number of carbonyl (C=O) groups excluding carboxylic acids is 1. The molecule has 0 saturated heterocycles. The lowest BCUT2D eigenvalue weighted by molar-refractivity contribution is -0.140. The number of nitrogens with one attached hydrogen (secondary N) is 2. The van der Waals surface area contributed by atoms with Gasteiger partial charge in [-0.3, -0.25) is 9.59 Å². The molecule has 1 aliphatic rings. The van der Waals surface area contributed by atoms with Gasteiger partial charge in [-0.15, -0.1) is 0 Å². The van der Waals surface area contributed by atoms with Crippen molar-refractivity contribution in [3.63, 3.8) is 0 Å². The molecule has 0 aromatic heterocycles. The van der Waals surface area contributed by atoms with Crippen LogP contribution < -0.4 is 10.6 Å². The number of hydrogen-bond donors (Lipinski definition) is 3. The third-order valence-corrected chi connectivity index (χ3v) is 3.22. The third kappa shape index (κ3) is 1.84. The number of carboxylic acids is 1. The Morgan fingerprint density at radius 2 is 2.12 bits per heavy atom. The average molecular weight is 234 g/mol. The summed E-state index contributed by atoms with van der Waals surface area (Å²) >= 11 is 0. The molecule has 0 heterocycles. The summed E-state index contributed by atoms with van der Waals surface area (Å²) in [7, 11) is 1.73. The van der Waals surface area contributed by atoms with E-state index in [0.29, 0.717) is 24.9 Å². The van der Waals surface area contributed by atoms with Gasteiger partial charge in [-0.25, -0.2) is 0 Å². The fraction of sp³-hybridized carbons (Fsp3) is 0.333. The van der Waals surface area contributed by atoms with E-state index in [1.165, 1.54) is 0 Å². The molecule has 1 saturated carbocycles. The molecule has 1 aliphatic carbocycles. The Balaban J connectivity index is 2.38. The SMILES string of the molecule is CNc1cc(C2(C(=O)O)CC2)ccc1NC=O. The minimum atomic E-state index is -0.782. The molecule has 1 fully saturated rings. The monoisotopic (exact) mass is 234 g/mol. The molecular formula is C12H14N2O3. The van der Waals surface area contributed by atoms with Gasteiger partial charge < -0.3 is 15.7 Å². The second kappa shape index (κ2) is 4.08. The van der Waals surface area contributed by atoms with E-state index in [-0.39, 0.29) is 0 Å². The normalized spacial score (nSPS) is 16.1. The standard InChI is InChI=1S/C12H14N2O3/c1-13-10-6-8(2-3-9(10)14-7-15)12(4-5-12)11(16)17/h2-3,6-7,13H,4-5H2,1H3,(H,14,15)(H,16,17). The van der Waals surface area contributed by atoms with Gasteiger partial charge in [-0.05, 0) is 30.5 Å². The van der Waals surface area contributed by atoms with Crippen molar-refractivity contribution in [2.75, 3.05) is 17.7 Å². The third-order valence-electron chi connectivity index (χ3n) is 3.22. The summed E-state index contributed by atoms with van der Waals surface area (Å²) in [6, 6.07) is 5.26. The molecule has 0 unspecified atom stereocenters. The van der Waals surface area contributed by atoms with Crippen LogP contribution in [0.1, 0.15) is 18.4 Å². The Labute approximate surface area is 98.8 Å². The van der Waals surface area contributed by atoms with E-state index in [4.69, 9.17) is 0 Å². The van der Waals surface area contributed by atoms with E-state index in [1.807, 2.05) is 0 Å². The lowest BCUT2D eigenvalue weighted by atomic mass is 9.95. The van der Waals surface area contributed by atoms with Gasteiger partial charge >= 0.3 is 5.97 Å². The van der Waals surface area contributed by atoms with Crippen molar-refractivity contribution in [3.05, 3.63) is 23.8 Å². The second-order valence-corrected chi connectivity index (χ2v) is 4.16. The Bertz CT molecular complexity index is 467. The highest BCUT2D eigenvalue weighted by Crippen LogP contribution is 2.49. The lowest BCUT2D eigenvalue weighted by Crippen LogP contribution is -2.19. The zero-order valence-electron chi connectivity index (χ0n) is 9.49. The lowest BCUT2D eigenvalue weighted by Gasteiger charge is -2.14. The van der Waals surface area contributed by atoms with Crippen LogP contribution in [0.15, 0.2) is 18.2 Å². The van der Waals surface area contributed by atoms with Crippen molar-refractivity contribution >= 4 is 23.8 Å². The van der Waals surface area contributed by atoms with Crippen molar-refractivity contribution in [2.24, 2.45) is 0 Å². The summed E-state index contributed by atoms with van der Waals surface area (Å²) in [6.45, 7) is 0. The molecule has 17 heavy (non-hydrogen) atoms. The minimum Gasteiger partial charge on any atom is -0.481 e. The van der Waals surface area contributed by atoms with Gasteiger partial charge in [0.05, 0.1) is 16.8 Å². The predicted octanol–water partition coefficient (Wildman–Crippen LogP) is 1.41. The number of aliphatic carboxylic acids is 1. The Morgan fingerprint density at radius 3 is 2.59 bits per heavy atom. The first-order valence-electron chi connectivity index (χ1n) is 5.40. The summed E-state index contributed by atoms with van der Waals surface area (Å²) in [4.78, 5) is 21.6. The van der Waals surface area contributed by atoms with E-state index in [9.17, 15) is 14.7 Å². The summed E-state index contributed by atoms with van der Waals surface area (Å²) in [5.41, 5.74) is 1.44.